The second-order valence-corrected chi connectivity index (χ2v) is 5.71. The van der Waals surface area contributed by atoms with Crippen LogP contribution in [-0.2, 0) is 13.1 Å². The molecular weight excluding hydrogens is 270 g/mol. The lowest BCUT2D eigenvalue weighted by Gasteiger charge is -2.05. The number of aromatic nitrogens is 2. The van der Waals surface area contributed by atoms with E-state index in [-0.39, 0.29) is 5.75 Å². The molecule has 0 unspecified atom stereocenters. The second-order valence-electron chi connectivity index (χ2n) is 4.60. The van der Waals surface area contributed by atoms with Crippen molar-refractivity contribution in [2.75, 3.05) is 0 Å². The van der Waals surface area contributed by atoms with Crippen LogP contribution in [0.5, 0.6) is 5.75 Å². The Bertz CT molecular complexity index is 706. The summed E-state index contributed by atoms with van der Waals surface area (Å²) < 4.78 is 1.20. The number of para-hydroxylation sites is 1. The fraction of sp³-hybridized carbons (Fsp3) is 0.200. The van der Waals surface area contributed by atoms with E-state index in [0.29, 0.717) is 18.8 Å². The van der Waals surface area contributed by atoms with Crippen LogP contribution in [0.2, 0.25) is 0 Å². The normalized spacial score (nSPS) is 11.1. The minimum atomic E-state index is 0.229. The largest absolute Gasteiger partial charge is 0.506 e. The number of fused-ring (bicyclic) bond motifs is 1. The Balaban J connectivity index is 1.66. The third kappa shape index (κ3) is 2.79. The maximum atomic E-state index is 9.73. The van der Waals surface area contributed by atoms with Gasteiger partial charge >= 0.3 is 0 Å². The summed E-state index contributed by atoms with van der Waals surface area (Å²) in [6.45, 7) is 3.12. The van der Waals surface area contributed by atoms with E-state index in [2.05, 4.69) is 21.4 Å². The number of hydrogen-bond acceptors (Lipinski definition) is 5. The predicted molar refractivity (Wildman–Crippen MR) is 80.8 cm³/mol. The van der Waals surface area contributed by atoms with Crippen LogP contribution in [-0.4, -0.2) is 15.1 Å². The van der Waals surface area contributed by atoms with Crippen molar-refractivity contribution in [3.63, 3.8) is 0 Å². The molecule has 1 aromatic carbocycles. The summed E-state index contributed by atoms with van der Waals surface area (Å²) in [6, 6.07) is 11.6. The van der Waals surface area contributed by atoms with Gasteiger partial charge in [0.25, 0.3) is 0 Å². The highest BCUT2D eigenvalue weighted by molar-refractivity contribution is 7.18. The van der Waals surface area contributed by atoms with Crippen LogP contribution in [0.3, 0.4) is 0 Å². The maximum Gasteiger partial charge on any atom is 0.138 e. The van der Waals surface area contributed by atoms with Crippen molar-refractivity contribution < 1.29 is 5.11 Å². The molecule has 0 bridgehead atoms. The van der Waals surface area contributed by atoms with Gasteiger partial charge in [0, 0.05) is 18.8 Å². The number of benzene rings is 1. The highest BCUT2D eigenvalue weighted by atomic mass is 32.1. The van der Waals surface area contributed by atoms with Gasteiger partial charge in [-0.3, -0.25) is 4.98 Å². The van der Waals surface area contributed by atoms with E-state index in [0.717, 1.165) is 16.2 Å². The van der Waals surface area contributed by atoms with Crippen molar-refractivity contribution in [1.82, 2.24) is 15.3 Å². The van der Waals surface area contributed by atoms with E-state index < -0.39 is 0 Å². The summed E-state index contributed by atoms with van der Waals surface area (Å²) in [5.41, 5.74) is 2.61. The number of pyridine rings is 1. The summed E-state index contributed by atoms with van der Waals surface area (Å²) in [5.74, 6) is 0.229. The molecule has 0 atom stereocenters. The molecule has 5 heteroatoms. The lowest BCUT2D eigenvalue weighted by Crippen LogP contribution is -2.13. The number of aryl methyl sites for hydroxylation is 1. The Labute approximate surface area is 121 Å². The van der Waals surface area contributed by atoms with Crippen LogP contribution < -0.4 is 5.32 Å². The highest BCUT2D eigenvalue weighted by Crippen LogP contribution is 2.21. The third-order valence-electron chi connectivity index (χ3n) is 3.00. The minimum absolute atomic E-state index is 0.229. The highest BCUT2D eigenvalue weighted by Gasteiger charge is 2.05. The van der Waals surface area contributed by atoms with Gasteiger partial charge in [-0.15, -0.1) is 11.3 Å². The number of rotatable bonds is 4. The molecule has 2 aromatic heterocycles. The first-order valence-electron chi connectivity index (χ1n) is 6.43. The zero-order valence-corrected chi connectivity index (χ0v) is 11.9. The predicted octanol–water partition coefficient (Wildman–Crippen LogP) is 3.00. The lowest BCUT2D eigenvalue weighted by molar-refractivity contribution is 0.459. The zero-order valence-electron chi connectivity index (χ0n) is 11.1. The van der Waals surface area contributed by atoms with Gasteiger partial charge < -0.3 is 10.4 Å². The van der Waals surface area contributed by atoms with Crippen molar-refractivity contribution >= 4 is 21.6 Å². The Hall–Kier alpha value is -1.98. The zero-order chi connectivity index (χ0) is 13.9. The molecule has 0 fully saturated rings. The summed E-state index contributed by atoms with van der Waals surface area (Å²) in [5, 5.41) is 14.0. The number of thiazole rings is 1. The van der Waals surface area contributed by atoms with Crippen LogP contribution in [0.15, 0.2) is 36.4 Å². The monoisotopic (exact) mass is 285 g/mol. The van der Waals surface area contributed by atoms with Crippen LogP contribution in [0.4, 0.5) is 0 Å². The molecule has 0 spiro atoms. The van der Waals surface area contributed by atoms with Crippen molar-refractivity contribution in [2.24, 2.45) is 0 Å². The average molecular weight is 285 g/mol. The topological polar surface area (TPSA) is 58.0 Å². The minimum Gasteiger partial charge on any atom is -0.506 e. The first-order chi connectivity index (χ1) is 9.72. The summed E-state index contributed by atoms with van der Waals surface area (Å²) in [7, 11) is 0. The molecule has 0 saturated heterocycles. The van der Waals surface area contributed by atoms with E-state index in [1.807, 2.05) is 25.1 Å². The molecule has 2 N–H and O–H groups in total. The van der Waals surface area contributed by atoms with E-state index in [1.165, 1.54) is 4.70 Å². The molecule has 0 aliphatic rings. The van der Waals surface area contributed by atoms with Gasteiger partial charge in [-0.05, 0) is 31.2 Å². The quantitative estimate of drug-likeness (QED) is 0.773. The van der Waals surface area contributed by atoms with E-state index >= 15 is 0 Å². The molecule has 0 aliphatic heterocycles. The molecule has 0 radical (unpaired) electrons. The summed E-state index contributed by atoms with van der Waals surface area (Å²) >= 11 is 1.68. The van der Waals surface area contributed by atoms with E-state index in [9.17, 15) is 5.11 Å². The van der Waals surface area contributed by atoms with Crippen LogP contribution in [0.1, 0.15) is 16.4 Å². The number of nitrogens with zero attached hydrogens (tertiary/aromatic N) is 2. The average Bonchev–Trinajstić information content (AvgIpc) is 2.85. The van der Waals surface area contributed by atoms with Gasteiger partial charge in [0.15, 0.2) is 0 Å². The first kappa shape index (κ1) is 13.0. The SMILES string of the molecule is Cc1ccc(O)c(CNCc2nc3ccccc3s2)n1. The van der Waals surface area contributed by atoms with Crippen molar-refractivity contribution in [3.8, 4) is 5.75 Å². The van der Waals surface area contributed by atoms with E-state index in [1.54, 1.807) is 23.5 Å². The molecule has 3 aromatic rings. The smallest absolute Gasteiger partial charge is 0.138 e. The number of aromatic hydroxyl groups is 1. The van der Waals surface area contributed by atoms with Gasteiger partial charge in [-0.1, -0.05) is 12.1 Å². The Kier molecular flexibility index (Phi) is 3.62. The van der Waals surface area contributed by atoms with Gasteiger partial charge in [-0.25, -0.2) is 4.98 Å². The molecule has 0 aliphatic carbocycles. The molecule has 4 nitrogen and oxygen atoms in total. The van der Waals surface area contributed by atoms with Crippen LogP contribution in [0.25, 0.3) is 10.2 Å². The van der Waals surface area contributed by atoms with Crippen LogP contribution >= 0.6 is 11.3 Å². The molecule has 20 heavy (non-hydrogen) atoms. The Morgan fingerprint density at radius 1 is 1.10 bits per heavy atom. The van der Waals surface area contributed by atoms with Gasteiger partial charge in [0.1, 0.15) is 10.8 Å². The number of nitrogens with one attached hydrogen (secondary N) is 1. The van der Waals surface area contributed by atoms with Gasteiger partial charge in [0.05, 0.1) is 15.9 Å². The fourth-order valence-electron chi connectivity index (χ4n) is 2.02. The Morgan fingerprint density at radius 2 is 1.95 bits per heavy atom. The second kappa shape index (κ2) is 5.56. The third-order valence-corrected chi connectivity index (χ3v) is 4.03. The summed E-state index contributed by atoms with van der Waals surface area (Å²) in [4.78, 5) is 8.87. The molecule has 0 saturated carbocycles. The van der Waals surface area contributed by atoms with Crippen molar-refractivity contribution in [2.45, 2.75) is 20.0 Å². The molecular formula is C15H15N3OS. The van der Waals surface area contributed by atoms with E-state index in [4.69, 9.17) is 0 Å². The molecule has 102 valence electrons. The standard InChI is InChI=1S/C15H15N3OS/c1-10-6-7-13(19)12(17-10)8-16-9-15-18-11-4-2-3-5-14(11)20-15/h2-7,16,19H,8-9H2,1H3. The lowest BCUT2D eigenvalue weighted by atomic mass is 10.3. The van der Waals surface area contributed by atoms with Crippen molar-refractivity contribution in [1.29, 1.82) is 0 Å². The maximum absolute atomic E-state index is 9.73. The van der Waals surface area contributed by atoms with Crippen LogP contribution in [0, 0.1) is 6.92 Å². The molecule has 2 heterocycles. The molecule has 0 amide bonds. The fourth-order valence-corrected chi connectivity index (χ4v) is 2.95. The van der Waals surface area contributed by atoms with Gasteiger partial charge in [0.2, 0.25) is 0 Å². The first-order valence-corrected chi connectivity index (χ1v) is 7.25. The summed E-state index contributed by atoms with van der Waals surface area (Å²) in [6.07, 6.45) is 0. The Morgan fingerprint density at radius 3 is 2.80 bits per heavy atom. The molecule has 3 rings (SSSR count). The van der Waals surface area contributed by atoms with Crippen molar-refractivity contribution in [3.05, 3.63) is 52.8 Å². The van der Waals surface area contributed by atoms with Gasteiger partial charge in [-0.2, -0.15) is 0 Å². The number of hydrogen-bond donors (Lipinski definition) is 2.